The third kappa shape index (κ3) is 4.56. The second kappa shape index (κ2) is 9.22. The molecular weight excluding hydrogens is 394 g/mol. The Morgan fingerprint density at radius 2 is 1.68 bits per heavy atom. The van der Waals surface area contributed by atoms with Crippen molar-refractivity contribution in [3.05, 3.63) is 65.2 Å². The molecular formula is C24H30N3O4+. The highest BCUT2D eigenvalue weighted by molar-refractivity contribution is 6.46. The summed E-state index contributed by atoms with van der Waals surface area (Å²) in [5.41, 5.74) is 2.37. The molecule has 0 spiro atoms. The first-order valence-corrected chi connectivity index (χ1v) is 10.2. The number of rotatable bonds is 7. The van der Waals surface area contributed by atoms with Crippen molar-refractivity contribution in [1.29, 1.82) is 0 Å². The zero-order valence-corrected chi connectivity index (χ0v) is 18.7. The van der Waals surface area contributed by atoms with Crippen molar-refractivity contribution in [3.8, 4) is 5.75 Å². The summed E-state index contributed by atoms with van der Waals surface area (Å²) in [5, 5.41) is 11.1. The summed E-state index contributed by atoms with van der Waals surface area (Å²) in [5.74, 6) is -0.786. The van der Waals surface area contributed by atoms with Gasteiger partial charge in [0.15, 0.2) is 0 Å². The summed E-state index contributed by atoms with van der Waals surface area (Å²) in [4.78, 5) is 30.6. The smallest absolute Gasteiger partial charge is 0.295 e. The van der Waals surface area contributed by atoms with E-state index in [1.807, 2.05) is 57.4 Å². The van der Waals surface area contributed by atoms with Crippen LogP contribution in [-0.2, 0) is 9.59 Å². The Labute approximate surface area is 183 Å². The van der Waals surface area contributed by atoms with E-state index in [9.17, 15) is 14.7 Å². The minimum absolute atomic E-state index is 0.113. The number of hydrogen-bond acceptors (Lipinski definition) is 5. The molecule has 0 aliphatic carbocycles. The molecule has 1 unspecified atom stereocenters. The molecule has 2 N–H and O–H groups in total. The van der Waals surface area contributed by atoms with E-state index in [1.165, 1.54) is 4.90 Å². The van der Waals surface area contributed by atoms with Gasteiger partial charge in [-0.1, -0.05) is 12.1 Å². The second-order valence-corrected chi connectivity index (χ2v) is 8.16. The minimum atomic E-state index is -0.663. The van der Waals surface area contributed by atoms with Crippen LogP contribution in [0.2, 0.25) is 0 Å². The summed E-state index contributed by atoms with van der Waals surface area (Å²) in [6.07, 6.45) is 0. The molecule has 2 aromatic rings. The molecule has 0 bridgehead atoms. The number of likely N-dealkylation sites (tertiary alicyclic amines) is 1. The Morgan fingerprint density at radius 1 is 1.06 bits per heavy atom. The van der Waals surface area contributed by atoms with E-state index in [1.54, 1.807) is 36.3 Å². The standard InChI is InChI=1S/C24H29N3O4/c1-25(2)14-15-27-21(16-6-10-18(11-7-16)26(3)4)20(23(29)24(27)30)22(28)17-8-12-19(31-5)13-9-17/h6-13,21,28H,14-15H2,1-5H3/p+1. The zero-order chi connectivity index (χ0) is 22.7. The first-order chi connectivity index (χ1) is 14.7. The highest BCUT2D eigenvalue weighted by Crippen LogP contribution is 2.39. The number of carbonyl (C=O) groups excluding carboxylic acids is 2. The highest BCUT2D eigenvalue weighted by Gasteiger charge is 2.46. The number of anilines is 1. The number of ether oxygens (including phenoxy) is 1. The molecule has 7 nitrogen and oxygen atoms in total. The maximum atomic E-state index is 13.0. The molecule has 1 aliphatic rings. The monoisotopic (exact) mass is 424 g/mol. The second-order valence-electron chi connectivity index (χ2n) is 8.16. The van der Waals surface area contributed by atoms with Crippen LogP contribution < -0.4 is 14.5 Å². The first kappa shape index (κ1) is 22.4. The largest absolute Gasteiger partial charge is 0.507 e. The Bertz CT molecular complexity index is 979. The molecule has 0 aromatic heterocycles. The molecule has 1 saturated heterocycles. The number of aliphatic hydroxyl groups excluding tert-OH is 1. The van der Waals surface area contributed by atoms with Crippen LogP contribution in [-0.4, -0.2) is 70.1 Å². The number of nitrogens with one attached hydrogen (secondary N) is 1. The van der Waals surface area contributed by atoms with Crippen molar-refractivity contribution in [1.82, 2.24) is 4.90 Å². The van der Waals surface area contributed by atoms with Crippen LogP contribution in [0.1, 0.15) is 17.2 Å². The fourth-order valence-corrected chi connectivity index (χ4v) is 3.66. The number of amides is 1. The van der Waals surface area contributed by atoms with Crippen molar-refractivity contribution >= 4 is 23.1 Å². The van der Waals surface area contributed by atoms with Gasteiger partial charge in [-0.15, -0.1) is 0 Å². The zero-order valence-electron chi connectivity index (χ0n) is 18.7. The molecule has 7 heteroatoms. The van der Waals surface area contributed by atoms with E-state index in [4.69, 9.17) is 4.74 Å². The summed E-state index contributed by atoms with van der Waals surface area (Å²) in [6, 6.07) is 13.8. The topological polar surface area (TPSA) is 74.5 Å². The molecule has 0 saturated carbocycles. The van der Waals surface area contributed by atoms with Crippen molar-refractivity contribution in [3.63, 3.8) is 0 Å². The van der Waals surface area contributed by atoms with E-state index in [0.717, 1.165) is 11.3 Å². The molecule has 1 amide bonds. The quantitative estimate of drug-likeness (QED) is 0.399. The molecule has 31 heavy (non-hydrogen) atoms. The van der Waals surface area contributed by atoms with E-state index >= 15 is 0 Å². The maximum Gasteiger partial charge on any atom is 0.295 e. The molecule has 3 rings (SSSR count). The molecule has 0 radical (unpaired) electrons. The predicted molar refractivity (Wildman–Crippen MR) is 120 cm³/mol. The van der Waals surface area contributed by atoms with Crippen LogP contribution in [0.4, 0.5) is 5.69 Å². The Balaban J connectivity index is 2.11. The molecule has 164 valence electrons. The number of Topliss-reactive ketones (excluding diaryl/α,β-unsaturated/α-hetero) is 1. The molecule has 1 heterocycles. The fourth-order valence-electron chi connectivity index (χ4n) is 3.66. The van der Waals surface area contributed by atoms with Gasteiger partial charge in [-0.05, 0) is 42.0 Å². The first-order valence-electron chi connectivity index (χ1n) is 10.2. The number of carbonyl (C=O) groups is 2. The normalized spacial score (nSPS) is 18.0. The van der Waals surface area contributed by atoms with Gasteiger partial charge in [0.05, 0.1) is 45.9 Å². The van der Waals surface area contributed by atoms with Gasteiger partial charge in [0.1, 0.15) is 11.5 Å². The summed E-state index contributed by atoms with van der Waals surface area (Å²) in [7, 11) is 9.45. The molecule has 1 aliphatic heterocycles. The number of ketones is 1. The highest BCUT2D eigenvalue weighted by atomic mass is 16.5. The number of hydrogen-bond donors (Lipinski definition) is 2. The number of nitrogens with zero attached hydrogens (tertiary/aromatic N) is 2. The third-order valence-electron chi connectivity index (χ3n) is 5.48. The van der Waals surface area contributed by atoms with E-state index in [0.29, 0.717) is 24.4 Å². The lowest BCUT2D eigenvalue weighted by atomic mass is 9.95. The Morgan fingerprint density at radius 3 is 2.19 bits per heavy atom. The average Bonchev–Trinajstić information content (AvgIpc) is 3.02. The van der Waals surface area contributed by atoms with Crippen LogP contribution in [0.15, 0.2) is 54.1 Å². The van der Waals surface area contributed by atoms with Gasteiger partial charge in [0.2, 0.25) is 0 Å². The van der Waals surface area contributed by atoms with Gasteiger partial charge < -0.3 is 24.5 Å². The third-order valence-corrected chi connectivity index (χ3v) is 5.48. The predicted octanol–water partition coefficient (Wildman–Crippen LogP) is 1.33. The van der Waals surface area contributed by atoms with Gasteiger partial charge >= 0.3 is 0 Å². The van der Waals surface area contributed by atoms with Gasteiger partial charge in [-0.2, -0.15) is 0 Å². The van der Waals surface area contributed by atoms with Crippen molar-refractivity contribution in [2.24, 2.45) is 0 Å². The van der Waals surface area contributed by atoms with Gasteiger partial charge in [-0.3, -0.25) is 9.59 Å². The number of quaternary nitrogens is 1. The van der Waals surface area contributed by atoms with E-state index in [-0.39, 0.29) is 11.3 Å². The molecule has 1 atom stereocenters. The molecule has 2 aromatic carbocycles. The summed E-state index contributed by atoms with van der Waals surface area (Å²) >= 11 is 0. The van der Waals surface area contributed by atoms with E-state index < -0.39 is 17.7 Å². The lowest BCUT2D eigenvalue weighted by Crippen LogP contribution is -3.06. The summed E-state index contributed by atoms with van der Waals surface area (Å²) < 4.78 is 5.17. The van der Waals surface area contributed by atoms with Gasteiger partial charge in [-0.25, -0.2) is 0 Å². The van der Waals surface area contributed by atoms with Crippen molar-refractivity contribution in [2.75, 3.05) is 53.3 Å². The average molecular weight is 425 g/mol. The Hall–Kier alpha value is -3.32. The van der Waals surface area contributed by atoms with Crippen LogP contribution in [0.3, 0.4) is 0 Å². The SMILES string of the molecule is COc1ccc(C(O)=C2C(=O)C(=O)N(CC[NH+](C)C)C2c2ccc(N(C)C)cc2)cc1. The Kier molecular flexibility index (Phi) is 6.65. The van der Waals surface area contributed by atoms with Crippen LogP contribution >= 0.6 is 0 Å². The van der Waals surface area contributed by atoms with Crippen molar-refractivity contribution in [2.45, 2.75) is 6.04 Å². The van der Waals surface area contributed by atoms with Crippen LogP contribution in [0.25, 0.3) is 5.76 Å². The van der Waals surface area contributed by atoms with Crippen molar-refractivity contribution < 1.29 is 24.3 Å². The fraction of sp³-hybridized carbons (Fsp3) is 0.333. The van der Waals surface area contributed by atoms with Crippen LogP contribution in [0, 0.1) is 0 Å². The van der Waals surface area contributed by atoms with E-state index in [2.05, 4.69) is 0 Å². The summed E-state index contributed by atoms with van der Waals surface area (Å²) in [6.45, 7) is 1.09. The van der Waals surface area contributed by atoms with Gasteiger partial charge in [0.25, 0.3) is 11.7 Å². The number of methoxy groups -OCH3 is 1. The number of benzene rings is 2. The maximum absolute atomic E-state index is 13.0. The lowest BCUT2D eigenvalue weighted by Gasteiger charge is -2.26. The van der Waals surface area contributed by atoms with Gasteiger partial charge in [0, 0.05) is 25.3 Å². The van der Waals surface area contributed by atoms with Crippen LogP contribution in [0.5, 0.6) is 5.75 Å². The number of aliphatic hydroxyl groups is 1. The molecule has 1 fully saturated rings. The number of likely N-dealkylation sites (N-methyl/N-ethyl adjacent to an activating group) is 1. The lowest BCUT2D eigenvalue weighted by molar-refractivity contribution is -0.857. The minimum Gasteiger partial charge on any atom is -0.507 e.